The molecule has 1 heterocycles. The summed E-state index contributed by atoms with van der Waals surface area (Å²) in [5.74, 6) is -0.852. The van der Waals surface area contributed by atoms with Crippen molar-refractivity contribution in [3.8, 4) is 11.5 Å². The van der Waals surface area contributed by atoms with Gasteiger partial charge < -0.3 is 14.8 Å². The highest BCUT2D eigenvalue weighted by molar-refractivity contribution is 5.83. The Labute approximate surface area is 133 Å². The predicted octanol–water partition coefficient (Wildman–Crippen LogP) is 1.89. The van der Waals surface area contributed by atoms with Crippen LogP contribution >= 0.6 is 0 Å². The van der Waals surface area contributed by atoms with Crippen molar-refractivity contribution in [1.82, 2.24) is 15.5 Å². The molecule has 23 heavy (non-hydrogen) atoms. The fraction of sp³-hybridized carbons (Fsp3) is 0.375. The SMILES string of the molecule is CC(C)C(NC(=O)CCc1nnc(-c2ccccc2)o1)C(=O)O. The first kappa shape index (κ1) is 16.7. The molecule has 122 valence electrons. The third-order valence-corrected chi connectivity index (χ3v) is 3.30. The highest BCUT2D eigenvalue weighted by Crippen LogP contribution is 2.17. The molecule has 0 aliphatic carbocycles. The van der Waals surface area contributed by atoms with Crippen molar-refractivity contribution in [1.29, 1.82) is 0 Å². The Hall–Kier alpha value is -2.70. The fourth-order valence-corrected chi connectivity index (χ4v) is 2.03. The summed E-state index contributed by atoms with van der Waals surface area (Å²) in [4.78, 5) is 22.9. The molecule has 2 rings (SSSR count). The van der Waals surface area contributed by atoms with Crippen molar-refractivity contribution in [3.05, 3.63) is 36.2 Å². The van der Waals surface area contributed by atoms with E-state index in [1.807, 2.05) is 30.3 Å². The largest absolute Gasteiger partial charge is 0.480 e. The van der Waals surface area contributed by atoms with E-state index in [1.54, 1.807) is 13.8 Å². The van der Waals surface area contributed by atoms with Crippen molar-refractivity contribution in [2.75, 3.05) is 0 Å². The Bertz CT molecular complexity index is 667. The van der Waals surface area contributed by atoms with Crippen molar-refractivity contribution in [2.45, 2.75) is 32.7 Å². The maximum Gasteiger partial charge on any atom is 0.326 e. The van der Waals surface area contributed by atoms with Crippen LogP contribution in [0.4, 0.5) is 0 Å². The molecule has 0 radical (unpaired) electrons. The van der Waals surface area contributed by atoms with E-state index in [4.69, 9.17) is 9.52 Å². The van der Waals surface area contributed by atoms with Crippen molar-refractivity contribution in [2.24, 2.45) is 5.92 Å². The molecule has 7 heteroatoms. The van der Waals surface area contributed by atoms with Gasteiger partial charge in [-0.2, -0.15) is 0 Å². The Balaban J connectivity index is 1.90. The highest BCUT2D eigenvalue weighted by Gasteiger charge is 2.23. The van der Waals surface area contributed by atoms with Crippen LogP contribution < -0.4 is 5.32 Å². The standard InChI is InChI=1S/C16H19N3O4/c1-10(2)14(16(21)22)17-12(20)8-9-13-18-19-15(23-13)11-6-4-3-5-7-11/h3-7,10,14H,8-9H2,1-2H3,(H,17,20)(H,21,22). The van der Waals surface area contributed by atoms with Crippen molar-refractivity contribution in [3.63, 3.8) is 0 Å². The molecule has 1 aromatic heterocycles. The lowest BCUT2D eigenvalue weighted by Crippen LogP contribution is -2.44. The molecule has 0 bridgehead atoms. The number of carboxylic acid groups (broad SMARTS) is 1. The molecule has 0 fully saturated rings. The van der Waals surface area contributed by atoms with Crippen LogP contribution in [0.25, 0.3) is 11.5 Å². The summed E-state index contributed by atoms with van der Waals surface area (Å²) >= 11 is 0. The number of nitrogens with one attached hydrogen (secondary N) is 1. The van der Waals surface area contributed by atoms with E-state index in [2.05, 4.69) is 15.5 Å². The molecular formula is C16H19N3O4. The van der Waals surface area contributed by atoms with Gasteiger partial charge in [0.1, 0.15) is 6.04 Å². The van der Waals surface area contributed by atoms with Crippen LogP contribution in [-0.4, -0.2) is 33.2 Å². The minimum atomic E-state index is -1.04. The number of benzene rings is 1. The van der Waals surface area contributed by atoms with Crippen LogP contribution in [0.5, 0.6) is 0 Å². The summed E-state index contributed by atoms with van der Waals surface area (Å²) in [6.45, 7) is 3.48. The Morgan fingerprint density at radius 3 is 2.52 bits per heavy atom. The van der Waals surface area contributed by atoms with Crippen LogP contribution in [0, 0.1) is 5.92 Å². The highest BCUT2D eigenvalue weighted by atomic mass is 16.4. The maximum absolute atomic E-state index is 11.8. The molecular weight excluding hydrogens is 298 g/mol. The van der Waals surface area contributed by atoms with E-state index < -0.39 is 12.0 Å². The van der Waals surface area contributed by atoms with Crippen molar-refractivity contribution < 1.29 is 19.1 Å². The van der Waals surface area contributed by atoms with Crippen molar-refractivity contribution >= 4 is 11.9 Å². The van der Waals surface area contributed by atoms with Gasteiger partial charge in [-0.15, -0.1) is 10.2 Å². The van der Waals surface area contributed by atoms with Crippen LogP contribution in [0.2, 0.25) is 0 Å². The van der Waals surface area contributed by atoms with Gasteiger partial charge in [0.15, 0.2) is 0 Å². The molecule has 2 aromatic rings. The zero-order valence-corrected chi connectivity index (χ0v) is 13.0. The normalized spacial score (nSPS) is 12.1. The zero-order valence-electron chi connectivity index (χ0n) is 13.0. The van der Waals surface area contributed by atoms with Crippen LogP contribution in [0.3, 0.4) is 0 Å². The molecule has 7 nitrogen and oxygen atoms in total. The van der Waals surface area contributed by atoms with Gasteiger partial charge in [-0.1, -0.05) is 32.0 Å². The average Bonchev–Trinajstić information content (AvgIpc) is 3.00. The summed E-state index contributed by atoms with van der Waals surface area (Å²) in [6, 6.07) is 8.42. The van der Waals surface area contributed by atoms with Crippen LogP contribution in [0.15, 0.2) is 34.7 Å². The van der Waals surface area contributed by atoms with Crippen LogP contribution in [0.1, 0.15) is 26.2 Å². The van der Waals surface area contributed by atoms with E-state index in [0.29, 0.717) is 11.8 Å². The summed E-state index contributed by atoms with van der Waals surface area (Å²) in [6.07, 6.45) is 0.350. The van der Waals surface area contributed by atoms with E-state index in [-0.39, 0.29) is 24.7 Å². The number of hydrogen-bond acceptors (Lipinski definition) is 5. The summed E-state index contributed by atoms with van der Waals surface area (Å²) in [5, 5.41) is 19.4. The monoisotopic (exact) mass is 317 g/mol. The summed E-state index contributed by atoms with van der Waals surface area (Å²) < 4.78 is 5.50. The number of carboxylic acids is 1. The third kappa shape index (κ3) is 4.64. The number of carbonyl (C=O) groups is 2. The molecule has 0 saturated heterocycles. The number of aryl methyl sites for hydroxylation is 1. The third-order valence-electron chi connectivity index (χ3n) is 3.30. The molecule has 2 N–H and O–H groups in total. The number of hydrogen-bond donors (Lipinski definition) is 2. The molecule has 1 unspecified atom stereocenters. The van der Waals surface area contributed by atoms with Gasteiger partial charge in [-0.3, -0.25) is 4.79 Å². The smallest absolute Gasteiger partial charge is 0.326 e. The van der Waals surface area contributed by atoms with Gasteiger partial charge in [0, 0.05) is 18.4 Å². The lowest BCUT2D eigenvalue weighted by Gasteiger charge is -2.17. The summed E-state index contributed by atoms with van der Waals surface area (Å²) in [5.41, 5.74) is 0.807. The van der Waals surface area contributed by atoms with E-state index in [0.717, 1.165) is 5.56 Å². The molecule has 1 aromatic carbocycles. The van der Waals surface area contributed by atoms with Gasteiger partial charge in [0.25, 0.3) is 0 Å². The Morgan fingerprint density at radius 2 is 1.91 bits per heavy atom. The first-order valence-electron chi connectivity index (χ1n) is 7.37. The van der Waals surface area contributed by atoms with Gasteiger partial charge in [0.2, 0.25) is 17.7 Å². The zero-order chi connectivity index (χ0) is 16.8. The van der Waals surface area contributed by atoms with Gasteiger partial charge in [-0.25, -0.2) is 4.79 Å². The van der Waals surface area contributed by atoms with Gasteiger partial charge >= 0.3 is 5.97 Å². The quantitative estimate of drug-likeness (QED) is 0.808. The Kier molecular flexibility index (Phi) is 5.46. The van der Waals surface area contributed by atoms with Gasteiger partial charge in [0.05, 0.1) is 0 Å². The molecule has 0 saturated carbocycles. The topological polar surface area (TPSA) is 105 Å². The minimum Gasteiger partial charge on any atom is -0.480 e. The first-order valence-corrected chi connectivity index (χ1v) is 7.37. The first-order chi connectivity index (χ1) is 11.0. The summed E-state index contributed by atoms with van der Waals surface area (Å²) in [7, 11) is 0. The number of carbonyl (C=O) groups excluding carboxylic acids is 1. The number of rotatable bonds is 7. The lowest BCUT2D eigenvalue weighted by molar-refractivity contribution is -0.143. The molecule has 0 spiro atoms. The van der Waals surface area contributed by atoms with E-state index in [9.17, 15) is 9.59 Å². The molecule has 0 aliphatic rings. The average molecular weight is 317 g/mol. The van der Waals surface area contributed by atoms with Crippen LogP contribution in [-0.2, 0) is 16.0 Å². The molecule has 1 amide bonds. The minimum absolute atomic E-state index is 0.0902. The Morgan fingerprint density at radius 1 is 1.22 bits per heavy atom. The number of aliphatic carboxylic acids is 1. The van der Waals surface area contributed by atoms with E-state index >= 15 is 0 Å². The maximum atomic E-state index is 11.8. The second-order valence-corrected chi connectivity index (χ2v) is 5.49. The van der Waals surface area contributed by atoms with E-state index in [1.165, 1.54) is 0 Å². The lowest BCUT2D eigenvalue weighted by atomic mass is 10.0. The number of nitrogens with zero attached hydrogens (tertiary/aromatic N) is 2. The number of aromatic nitrogens is 2. The molecule has 1 atom stereocenters. The molecule has 0 aliphatic heterocycles. The van der Waals surface area contributed by atoms with Gasteiger partial charge in [-0.05, 0) is 18.1 Å². The predicted molar refractivity (Wildman–Crippen MR) is 82.5 cm³/mol. The second-order valence-electron chi connectivity index (χ2n) is 5.49. The second kappa shape index (κ2) is 7.53. The number of amides is 1. The fourth-order valence-electron chi connectivity index (χ4n) is 2.03.